The average Bonchev–Trinajstić information content (AvgIpc) is 2.74. The summed E-state index contributed by atoms with van der Waals surface area (Å²) in [5.41, 5.74) is 5.00. The van der Waals surface area contributed by atoms with Crippen LogP contribution < -0.4 is 4.90 Å². The third-order valence-corrected chi connectivity index (χ3v) is 5.03. The lowest BCUT2D eigenvalue weighted by molar-refractivity contribution is 0.0723. The lowest BCUT2D eigenvalue weighted by Gasteiger charge is -2.27. The van der Waals surface area contributed by atoms with Gasteiger partial charge in [0.2, 0.25) is 0 Å². The molecule has 0 bridgehead atoms. The van der Waals surface area contributed by atoms with Crippen LogP contribution >= 0.6 is 0 Å². The maximum atomic E-state index is 13.0. The number of carbonyl (C=O) groups excluding carboxylic acids is 1. The van der Waals surface area contributed by atoms with E-state index in [1.165, 1.54) is 0 Å². The number of para-hydroxylation sites is 1. The summed E-state index contributed by atoms with van der Waals surface area (Å²) in [6, 6.07) is 21.9. The van der Waals surface area contributed by atoms with Crippen LogP contribution in [0.5, 0.6) is 0 Å². The lowest BCUT2D eigenvalue weighted by Crippen LogP contribution is -2.31. The van der Waals surface area contributed by atoms with Crippen LogP contribution in [0.15, 0.2) is 72.9 Å². The molecule has 0 radical (unpaired) electrons. The minimum Gasteiger partial charge on any atom is -0.377 e. The van der Waals surface area contributed by atoms with Gasteiger partial charge in [-0.3, -0.25) is 9.78 Å². The quantitative estimate of drug-likeness (QED) is 0.607. The monoisotopic (exact) mass is 373 g/mol. The molecule has 1 aromatic heterocycles. The molecular weight excluding hydrogens is 346 g/mol. The van der Waals surface area contributed by atoms with Gasteiger partial charge in [0.05, 0.1) is 11.7 Å². The molecule has 4 nitrogen and oxygen atoms in total. The summed E-state index contributed by atoms with van der Waals surface area (Å²) in [6.07, 6.45) is 2.58. The van der Waals surface area contributed by atoms with Gasteiger partial charge >= 0.3 is 0 Å². The molecule has 1 amide bonds. The van der Waals surface area contributed by atoms with Crippen LogP contribution in [0.2, 0.25) is 0 Å². The molecule has 4 heteroatoms. The van der Waals surface area contributed by atoms with Crippen LogP contribution in [-0.4, -0.2) is 36.9 Å². The number of amides is 1. The second-order valence-electron chi connectivity index (χ2n) is 7.08. The number of pyridine rings is 1. The molecule has 3 rings (SSSR count). The Kier molecular flexibility index (Phi) is 6.09. The molecule has 0 aliphatic heterocycles. The van der Waals surface area contributed by atoms with E-state index in [1.54, 1.807) is 11.1 Å². The molecule has 2 aromatic carbocycles. The number of carbonyl (C=O) groups is 1. The van der Waals surface area contributed by atoms with Crippen molar-refractivity contribution < 1.29 is 4.79 Å². The number of benzene rings is 2. The van der Waals surface area contributed by atoms with Gasteiger partial charge in [-0.1, -0.05) is 43.3 Å². The fourth-order valence-corrected chi connectivity index (χ4v) is 3.50. The fraction of sp³-hybridized carbons (Fsp3) is 0.250. The highest BCUT2D eigenvalue weighted by Gasteiger charge is 2.22. The molecule has 3 aromatic rings. The zero-order chi connectivity index (χ0) is 20.1. The molecule has 1 heterocycles. The van der Waals surface area contributed by atoms with Crippen LogP contribution in [0, 0.1) is 0 Å². The Labute approximate surface area is 167 Å². The summed E-state index contributed by atoms with van der Waals surface area (Å²) in [4.78, 5) is 21.3. The Balaban J connectivity index is 1.84. The van der Waals surface area contributed by atoms with Gasteiger partial charge in [0.15, 0.2) is 0 Å². The molecule has 0 N–H and O–H groups in total. The van der Waals surface area contributed by atoms with Crippen LogP contribution in [0.25, 0.3) is 11.1 Å². The summed E-state index contributed by atoms with van der Waals surface area (Å²) in [5, 5.41) is 0. The maximum absolute atomic E-state index is 13.0. The summed E-state index contributed by atoms with van der Waals surface area (Å²) in [7, 11) is 5.92. The van der Waals surface area contributed by atoms with Gasteiger partial charge in [-0.05, 0) is 42.3 Å². The Morgan fingerprint density at radius 2 is 1.61 bits per heavy atom. The number of hydrogen-bond donors (Lipinski definition) is 0. The second kappa shape index (κ2) is 8.70. The van der Waals surface area contributed by atoms with Gasteiger partial charge in [-0.25, -0.2) is 0 Å². The average molecular weight is 374 g/mol. The Morgan fingerprint density at radius 1 is 0.929 bits per heavy atom. The molecule has 0 fully saturated rings. The van der Waals surface area contributed by atoms with E-state index in [0.29, 0.717) is 5.56 Å². The summed E-state index contributed by atoms with van der Waals surface area (Å²) < 4.78 is 0. The molecule has 0 unspecified atom stereocenters. The largest absolute Gasteiger partial charge is 0.377 e. The van der Waals surface area contributed by atoms with Crippen molar-refractivity contribution >= 4 is 11.6 Å². The molecule has 0 spiro atoms. The van der Waals surface area contributed by atoms with Crippen molar-refractivity contribution in [2.45, 2.75) is 19.4 Å². The predicted octanol–water partition coefficient (Wildman–Crippen LogP) is 5.04. The van der Waals surface area contributed by atoms with Crippen LogP contribution in [0.3, 0.4) is 0 Å². The molecule has 28 heavy (non-hydrogen) atoms. The maximum Gasteiger partial charge on any atom is 0.254 e. The van der Waals surface area contributed by atoms with Gasteiger partial charge in [-0.2, -0.15) is 0 Å². The van der Waals surface area contributed by atoms with Crippen molar-refractivity contribution in [3.8, 4) is 11.1 Å². The van der Waals surface area contributed by atoms with E-state index in [0.717, 1.165) is 28.9 Å². The summed E-state index contributed by atoms with van der Waals surface area (Å²) in [6.45, 7) is 2.07. The molecule has 0 saturated carbocycles. The highest BCUT2D eigenvalue weighted by atomic mass is 16.2. The number of anilines is 1. The van der Waals surface area contributed by atoms with E-state index in [1.807, 2.05) is 75.7 Å². The SMILES string of the molecule is CC[C@H](c1ccccn1)N(C)C(=O)c1ccc(-c2ccccc2N(C)C)cc1. The predicted molar refractivity (Wildman–Crippen MR) is 116 cm³/mol. The first-order chi connectivity index (χ1) is 13.5. The van der Waals surface area contributed by atoms with E-state index in [9.17, 15) is 4.79 Å². The van der Waals surface area contributed by atoms with Gasteiger partial charge < -0.3 is 9.80 Å². The van der Waals surface area contributed by atoms with E-state index in [2.05, 4.69) is 28.9 Å². The van der Waals surface area contributed by atoms with E-state index in [4.69, 9.17) is 0 Å². The van der Waals surface area contributed by atoms with Gasteiger partial charge in [0.1, 0.15) is 0 Å². The molecule has 144 valence electrons. The first-order valence-electron chi connectivity index (χ1n) is 9.57. The van der Waals surface area contributed by atoms with Crippen molar-refractivity contribution in [2.24, 2.45) is 0 Å². The number of aromatic nitrogens is 1. The van der Waals surface area contributed by atoms with Gasteiger partial charge in [-0.15, -0.1) is 0 Å². The van der Waals surface area contributed by atoms with Crippen LogP contribution in [-0.2, 0) is 0 Å². The molecule has 0 aliphatic carbocycles. The zero-order valence-corrected chi connectivity index (χ0v) is 17.0. The molecule has 0 saturated heterocycles. The molecule has 1 atom stereocenters. The van der Waals surface area contributed by atoms with Crippen LogP contribution in [0.4, 0.5) is 5.69 Å². The number of rotatable bonds is 6. The van der Waals surface area contributed by atoms with Crippen molar-refractivity contribution in [1.82, 2.24) is 9.88 Å². The topological polar surface area (TPSA) is 36.4 Å². The third kappa shape index (κ3) is 4.06. The third-order valence-electron chi connectivity index (χ3n) is 5.03. The van der Waals surface area contributed by atoms with E-state index < -0.39 is 0 Å². The van der Waals surface area contributed by atoms with Crippen molar-refractivity contribution in [1.29, 1.82) is 0 Å². The van der Waals surface area contributed by atoms with E-state index >= 15 is 0 Å². The Bertz CT molecular complexity index is 920. The second-order valence-corrected chi connectivity index (χ2v) is 7.08. The minimum atomic E-state index is -0.0390. The summed E-state index contributed by atoms with van der Waals surface area (Å²) in [5.74, 6) is 0.00458. The first kappa shape index (κ1) is 19.6. The standard InChI is InChI=1S/C24H27N3O/c1-5-22(21-11-8-9-17-25-21)27(4)24(28)19-15-13-18(14-16-19)20-10-6-7-12-23(20)26(2)3/h6-17,22H,5H2,1-4H3/t22-/m1/s1. The van der Waals surface area contributed by atoms with Crippen molar-refractivity contribution in [3.05, 3.63) is 84.2 Å². The van der Waals surface area contributed by atoms with Gasteiger partial charge in [0, 0.05) is 44.2 Å². The fourth-order valence-electron chi connectivity index (χ4n) is 3.50. The van der Waals surface area contributed by atoms with Crippen LogP contribution in [0.1, 0.15) is 35.4 Å². The Morgan fingerprint density at radius 3 is 2.21 bits per heavy atom. The molecular formula is C24H27N3O. The number of hydrogen-bond acceptors (Lipinski definition) is 3. The van der Waals surface area contributed by atoms with Crippen molar-refractivity contribution in [2.75, 3.05) is 26.0 Å². The highest BCUT2D eigenvalue weighted by Crippen LogP contribution is 2.30. The summed E-state index contributed by atoms with van der Waals surface area (Å²) >= 11 is 0. The van der Waals surface area contributed by atoms with E-state index in [-0.39, 0.29) is 11.9 Å². The normalized spacial score (nSPS) is 11.7. The van der Waals surface area contributed by atoms with Gasteiger partial charge in [0.25, 0.3) is 5.91 Å². The lowest BCUT2D eigenvalue weighted by atomic mass is 10.0. The first-order valence-corrected chi connectivity index (χ1v) is 9.57. The van der Waals surface area contributed by atoms with Crippen molar-refractivity contribution in [3.63, 3.8) is 0 Å². The smallest absolute Gasteiger partial charge is 0.254 e. The number of nitrogens with zero attached hydrogens (tertiary/aromatic N) is 3. The minimum absolute atomic E-state index is 0.00458. The zero-order valence-electron chi connectivity index (χ0n) is 17.0. The molecule has 0 aliphatic rings. The Hall–Kier alpha value is -3.14. The highest BCUT2D eigenvalue weighted by molar-refractivity contribution is 5.95.